The molecule has 412 valence electrons. The lowest BCUT2D eigenvalue weighted by Gasteiger charge is -2.32. The molecule has 10 aromatic carbocycles. The molecule has 0 saturated carbocycles. The number of halogens is 2. The topological polar surface area (TPSA) is 98.8 Å². The van der Waals surface area contributed by atoms with Gasteiger partial charge < -0.3 is 9.80 Å². The van der Waals surface area contributed by atoms with Gasteiger partial charge in [-0.25, -0.2) is 0 Å². The first-order valence-corrected chi connectivity index (χ1v) is 30.0. The van der Waals surface area contributed by atoms with Crippen LogP contribution in [0.2, 0.25) is 0 Å². The summed E-state index contributed by atoms with van der Waals surface area (Å²) < 4.78 is 1.80. The summed E-state index contributed by atoms with van der Waals surface area (Å²) >= 11 is 7.02. The highest BCUT2D eigenvalue weighted by Crippen LogP contribution is 2.61. The summed E-state index contributed by atoms with van der Waals surface area (Å²) in [6.45, 7) is 0.844. The van der Waals surface area contributed by atoms with Crippen LogP contribution in [-0.2, 0) is 33.8 Å². The van der Waals surface area contributed by atoms with Gasteiger partial charge in [0.15, 0.2) is 11.6 Å². The van der Waals surface area contributed by atoms with Gasteiger partial charge in [0.05, 0.1) is 24.9 Å². The number of anilines is 2. The molecule has 0 unspecified atom stereocenters. The van der Waals surface area contributed by atoms with Crippen molar-refractivity contribution in [1.82, 2.24) is 10.6 Å². The Morgan fingerprint density at radius 2 is 0.643 bits per heavy atom. The zero-order valence-electron chi connectivity index (χ0n) is 45.7. The molecule has 2 amide bonds. The molecule has 0 bridgehead atoms. The molecule has 10 aromatic rings. The standard InChI is InChI=1S/2C37H29BrN2O2/c2*38-29-22-20-28(21-23-29)35(41)33-32(26-14-6-2-7-15-26)34(27-16-8-3-9-17-27)39-37(33)30-18-10-11-19-31(30)40(36(37)42)24-25-12-4-1-5-13-25/h2*1-23,32-34,39H,24H2/t2*32-,33+,34+,37-/m00/s1. The molecule has 8 atom stereocenters. The number of amides is 2. The summed E-state index contributed by atoms with van der Waals surface area (Å²) in [5.41, 5.74) is 8.26. The monoisotopic (exact) mass is 1220 g/mol. The molecular formula is C74H58Br2N4O4. The maximum atomic E-state index is 15.0. The number of hydrogen-bond acceptors (Lipinski definition) is 6. The lowest BCUT2D eigenvalue weighted by Crippen LogP contribution is -2.53. The number of para-hydroxylation sites is 2. The summed E-state index contributed by atoms with van der Waals surface area (Å²) in [7, 11) is 0. The average Bonchev–Trinajstić information content (AvgIpc) is 1.64. The van der Waals surface area contributed by atoms with Gasteiger partial charge in [-0.05, 0) is 69.8 Å². The Morgan fingerprint density at radius 1 is 0.357 bits per heavy atom. The van der Waals surface area contributed by atoms with Crippen molar-refractivity contribution < 1.29 is 19.2 Å². The minimum absolute atomic E-state index is 0.0491. The van der Waals surface area contributed by atoms with Crippen LogP contribution < -0.4 is 20.4 Å². The number of ketones is 2. The van der Waals surface area contributed by atoms with Crippen LogP contribution in [0.15, 0.2) is 288 Å². The second kappa shape index (κ2) is 23.2. The molecule has 0 radical (unpaired) electrons. The predicted octanol–water partition coefficient (Wildman–Crippen LogP) is 15.6. The minimum atomic E-state index is -1.25. The molecule has 8 nitrogen and oxygen atoms in total. The van der Waals surface area contributed by atoms with Gasteiger partial charge in [0.25, 0.3) is 11.8 Å². The molecule has 2 saturated heterocycles. The van der Waals surface area contributed by atoms with E-state index < -0.39 is 22.9 Å². The molecule has 0 aliphatic carbocycles. The van der Waals surface area contributed by atoms with Crippen molar-refractivity contribution in [1.29, 1.82) is 0 Å². The van der Waals surface area contributed by atoms with Crippen molar-refractivity contribution in [3.63, 3.8) is 0 Å². The maximum absolute atomic E-state index is 15.0. The van der Waals surface area contributed by atoms with Crippen LogP contribution in [0, 0.1) is 11.8 Å². The average molecular weight is 1230 g/mol. The van der Waals surface area contributed by atoms with E-state index in [0.29, 0.717) is 24.2 Å². The van der Waals surface area contributed by atoms with Gasteiger partial charge >= 0.3 is 0 Å². The van der Waals surface area contributed by atoms with Crippen molar-refractivity contribution in [3.8, 4) is 0 Å². The highest BCUT2D eigenvalue weighted by Gasteiger charge is 2.68. The van der Waals surface area contributed by atoms with E-state index in [-0.39, 0.29) is 47.3 Å². The fraction of sp³-hybridized carbons (Fsp3) is 0.135. The fourth-order valence-electron chi connectivity index (χ4n) is 13.8. The summed E-state index contributed by atoms with van der Waals surface area (Å²) in [5.74, 6) is -2.26. The Labute approximate surface area is 506 Å². The van der Waals surface area contributed by atoms with E-state index in [2.05, 4.69) is 91.0 Å². The van der Waals surface area contributed by atoms with E-state index in [0.717, 1.165) is 64.8 Å². The zero-order chi connectivity index (χ0) is 57.4. The van der Waals surface area contributed by atoms with Crippen molar-refractivity contribution in [2.45, 2.75) is 48.1 Å². The Bertz CT molecular complexity index is 3750. The van der Waals surface area contributed by atoms with E-state index in [1.807, 2.05) is 240 Å². The number of carbonyl (C=O) groups excluding carboxylic acids is 4. The fourth-order valence-corrected chi connectivity index (χ4v) is 14.3. The third-order valence-electron chi connectivity index (χ3n) is 17.4. The van der Waals surface area contributed by atoms with E-state index in [1.165, 1.54) is 0 Å². The van der Waals surface area contributed by atoms with E-state index >= 15 is 9.59 Å². The molecular weight excluding hydrogens is 1170 g/mol. The molecule has 4 heterocycles. The summed E-state index contributed by atoms with van der Waals surface area (Å²) in [5, 5.41) is 7.69. The highest BCUT2D eigenvalue weighted by atomic mass is 79.9. The molecule has 14 rings (SSSR count). The largest absolute Gasteiger partial charge is 0.306 e. The van der Waals surface area contributed by atoms with Crippen molar-refractivity contribution in [2.75, 3.05) is 9.80 Å². The minimum Gasteiger partial charge on any atom is -0.306 e. The molecule has 2 spiro atoms. The zero-order valence-corrected chi connectivity index (χ0v) is 48.9. The van der Waals surface area contributed by atoms with Crippen LogP contribution in [0.5, 0.6) is 0 Å². The van der Waals surface area contributed by atoms with Crippen LogP contribution in [0.3, 0.4) is 0 Å². The number of Topliss-reactive ketones (excluding diaryl/α,β-unsaturated/α-hetero) is 2. The van der Waals surface area contributed by atoms with Gasteiger partial charge in [-0.2, -0.15) is 0 Å². The number of carbonyl (C=O) groups is 4. The lowest BCUT2D eigenvalue weighted by molar-refractivity contribution is -0.125. The van der Waals surface area contributed by atoms with E-state index in [4.69, 9.17) is 0 Å². The first kappa shape index (κ1) is 54.6. The van der Waals surface area contributed by atoms with Gasteiger partial charge in [-0.15, -0.1) is 0 Å². The molecule has 4 aliphatic heterocycles. The van der Waals surface area contributed by atoms with Gasteiger partial charge in [-0.3, -0.25) is 29.8 Å². The Morgan fingerprint density at radius 3 is 0.976 bits per heavy atom. The number of benzene rings is 10. The molecule has 2 N–H and O–H groups in total. The van der Waals surface area contributed by atoms with Crippen LogP contribution in [-0.4, -0.2) is 23.4 Å². The second-order valence-corrected chi connectivity index (χ2v) is 23.9. The molecule has 0 aromatic heterocycles. The van der Waals surface area contributed by atoms with Crippen LogP contribution >= 0.6 is 31.9 Å². The number of fused-ring (bicyclic) bond motifs is 4. The Hall–Kier alpha value is -8.64. The van der Waals surface area contributed by atoms with Gasteiger partial charge in [0.1, 0.15) is 11.1 Å². The molecule has 84 heavy (non-hydrogen) atoms. The quantitative estimate of drug-likeness (QED) is 0.118. The SMILES string of the molecule is O=C(c1ccc(Br)cc1)[C@H]1[C@H](c2ccccc2)[C@@H](c2ccccc2)N[C@]12C(=O)N(Cc1ccccc1)c1ccccc12.O=C(c1ccc(Br)cc1)[C@H]1[C@H](c2ccccc2)[C@@H](c2ccccc2)N[C@]12C(=O)N(Cc1ccccc1)c1ccccc12. The smallest absolute Gasteiger partial charge is 0.253 e. The van der Waals surface area contributed by atoms with Crippen LogP contribution in [0.1, 0.15) is 89.1 Å². The third-order valence-corrected chi connectivity index (χ3v) is 18.5. The predicted molar refractivity (Wildman–Crippen MR) is 338 cm³/mol. The van der Waals surface area contributed by atoms with Crippen molar-refractivity contribution in [2.24, 2.45) is 11.8 Å². The van der Waals surface area contributed by atoms with E-state index in [9.17, 15) is 9.59 Å². The first-order chi connectivity index (χ1) is 41.2. The highest BCUT2D eigenvalue weighted by molar-refractivity contribution is 9.10. The summed E-state index contributed by atoms with van der Waals surface area (Å²) in [6, 6.07) is 91.1. The third kappa shape index (κ3) is 9.66. The van der Waals surface area contributed by atoms with Crippen LogP contribution in [0.25, 0.3) is 0 Å². The van der Waals surface area contributed by atoms with Crippen molar-refractivity contribution in [3.05, 3.63) is 344 Å². The lowest BCUT2D eigenvalue weighted by atomic mass is 9.69. The second-order valence-electron chi connectivity index (χ2n) is 22.0. The van der Waals surface area contributed by atoms with Gasteiger partial charge in [-0.1, -0.05) is 275 Å². The number of nitrogens with one attached hydrogen (secondary N) is 2. The maximum Gasteiger partial charge on any atom is 0.253 e. The number of nitrogens with zero attached hydrogens (tertiary/aromatic N) is 2. The number of hydrogen-bond donors (Lipinski definition) is 2. The van der Waals surface area contributed by atoms with Crippen LogP contribution in [0.4, 0.5) is 11.4 Å². The number of rotatable bonds is 12. The van der Waals surface area contributed by atoms with Crippen molar-refractivity contribution >= 4 is 66.6 Å². The van der Waals surface area contributed by atoms with E-state index in [1.54, 1.807) is 0 Å². The molecule has 2 fully saturated rings. The Kier molecular flexibility index (Phi) is 15.1. The first-order valence-electron chi connectivity index (χ1n) is 28.4. The van der Waals surface area contributed by atoms with Gasteiger partial charge in [0, 0.05) is 66.5 Å². The Balaban J connectivity index is 0.000000157. The summed E-state index contributed by atoms with van der Waals surface area (Å²) in [6.07, 6.45) is 0. The molecule has 10 heteroatoms. The molecule has 4 aliphatic rings. The summed E-state index contributed by atoms with van der Waals surface area (Å²) in [4.78, 5) is 63.6. The van der Waals surface area contributed by atoms with Gasteiger partial charge in [0.2, 0.25) is 0 Å². The normalized spacial score (nSPS) is 22.8.